The van der Waals surface area contributed by atoms with Gasteiger partial charge in [0.05, 0.1) is 0 Å². The highest BCUT2D eigenvalue weighted by Gasteiger charge is 1.86. The molecular weight excluding hydrogens is 248 g/mol. The molecule has 0 aliphatic heterocycles. The molecule has 0 aliphatic carbocycles. The van der Waals surface area contributed by atoms with Crippen LogP contribution in [0.15, 0.2) is 67.2 Å². The van der Waals surface area contributed by atoms with E-state index < -0.39 is 0 Å². The average molecular weight is 270 g/mol. The number of rotatable bonds is 1. The maximum atomic E-state index is 9.44. The van der Waals surface area contributed by atoms with Crippen LogP contribution in [0.25, 0.3) is 5.57 Å². The average Bonchev–Trinajstić information content (AvgIpc) is 2.41. The quantitative estimate of drug-likeness (QED) is 0.815. The Kier molecular flexibility index (Phi) is 9.32. The van der Waals surface area contributed by atoms with Crippen molar-refractivity contribution in [1.29, 1.82) is 0 Å². The second-order valence-electron chi connectivity index (χ2n) is 4.39. The van der Waals surface area contributed by atoms with Gasteiger partial charge in [-0.1, -0.05) is 60.7 Å². The number of benzene rings is 2. The number of hydrogen-bond donors (Lipinski definition) is 1. The van der Waals surface area contributed by atoms with E-state index in [1.54, 1.807) is 24.3 Å². The summed E-state index contributed by atoms with van der Waals surface area (Å²) in [6.45, 7) is 8.89. The monoisotopic (exact) mass is 270 g/mol. The van der Waals surface area contributed by atoms with Gasteiger partial charge in [0.15, 0.2) is 0 Å². The highest BCUT2D eigenvalue weighted by Crippen LogP contribution is 2.08. The van der Waals surface area contributed by atoms with Crippen molar-refractivity contribution in [2.24, 2.45) is 0 Å². The lowest BCUT2D eigenvalue weighted by Crippen LogP contribution is -1.72. The molecule has 0 bridgehead atoms. The van der Waals surface area contributed by atoms with Gasteiger partial charge in [0.1, 0.15) is 11.5 Å². The molecule has 2 nitrogen and oxygen atoms in total. The molecule has 2 aromatic rings. The molecule has 0 heterocycles. The normalized spacial score (nSPS) is 8.35. The van der Waals surface area contributed by atoms with Gasteiger partial charge in [0, 0.05) is 0 Å². The van der Waals surface area contributed by atoms with Gasteiger partial charge in [0.2, 0.25) is 0 Å². The summed E-state index contributed by atoms with van der Waals surface area (Å²) in [6, 6.07) is 18.9. The van der Waals surface area contributed by atoms with E-state index in [0.717, 1.165) is 5.57 Å². The first-order valence-electron chi connectivity index (χ1n) is 6.35. The minimum absolute atomic E-state index is 0.167. The number of carbonyl (C=O) groups is 1. The van der Waals surface area contributed by atoms with Crippen molar-refractivity contribution in [1.82, 2.24) is 0 Å². The van der Waals surface area contributed by atoms with E-state index in [-0.39, 0.29) is 5.78 Å². The summed E-state index contributed by atoms with van der Waals surface area (Å²) in [5, 5.41) is 8.63. The van der Waals surface area contributed by atoms with E-state index in [4.69, 9.17) is 5.11 Å². The molecule has 2 aromatic carbocycles. The van der Waals surface area contributed by atoms with Crippen molar-refractivity contribution < 1.29 is 9.90 Å². The number of aromatic hydroxyl groups is 1. The third kappa shape index (κ3) is 10.8. The number of hydrogen-bond acceptors (Lipinski definition) is 2. The Hall–Kier alpha value is -2.35. The van der Waals surface area contributed by atoms with Gasteiger partial charge in [0.25, 0.3) is 0 Å². The summed E-state index contributed by atoms with van der Waals surface area (Å²) in [5.41, 5.74) is 2.34. The molecule has 2 heteroatoms. The van der Waals surface area contributed by atoms with Gasteiger partial charge in [-0.05, 0) is 38.5 Å². The maximum Gasteiger partial charge on any atom is 0.126 e. The lowest BCUT2D eigenvalue weighted by Gasteiger charge is -1.94. The number of para-hydroxylation sites is 1. The molecule has 0 saturated heterocycles. The summed E-state index contributed by atoms with van der Waals surface area (Å²) in [6.07, 6.45) is 0. The van der Waals surface area contributed by atoms with E-state index in [0.29, 0.717) is 5.75 Å². The molecule has 20 heavy (non-hydrogen) atoms. The van der Waals surface area contributed by atoms with Crippen LogP contribution < -0.4 is 0 Å². The van der Waals surface area contributed by atoms with E-state index in [2.05, 4.69) is 18.7 Å². The number of allylic oxidation sites excluding steroid dienone is 1. The Balaban J connectivity index is 0.000000293. The van der Waals surface area contributed by atoms with E-state index in [9.17, 15) is 4.79 Å². The zero-order valence-corrected chi connectivity index (χ0v) is 12.3. The largest absolute Gasteiger partial charge is 0.508 e. The summed E-state index contributed by atoms with van der Waals surface area (Å²) in [7, 11) is 0. The minimum Gasteiger partial charge on any atom is -0.508 e. The van der Waals surface area contributed by atoms with Crippen molar-refractivity contribution in [2.75, 3.05) is 0 Å². The van der Waals surface area contributed by atoms with Crippen molar-refractivity contribution in [3.05, 3.63) is 72.8 Å². The van der Waals surface area contributed by atoms with Gasteiger partial charge in [-0.15, -0.1) is 0 Å². The van der Waals surface area contributed by atoms with Crippen LogP contribution in [0.2, 0.25) is 0 Å². The zero-order chi connectivity index (χ0) is 15.4. The molecule has 0 atom stereocenters. The van der Waals surface area contributed by atoms with Crippen molar-refractivity contribution in [3.8, 4) is 5.75 Å². The van der Waals surface area contributed by atoms with Crippen molar-refractivity contribution in [3.63, 3.8) is 0 Å². The van der Waals surface area contributed by atoms with Gasteiger partial charge in [-0.25, -0.2) is 0 Å². The molecular formula is C18H22O2. The summed E-state index contributed by atoms with van der Waals surface area (Å²) >= 11 is 0. The smallest absolute Gasteiger partial charge is 0.126 e. The Morgan fingerprint density at radius 2 is 1.20 bits per heavy atom. The molecule has 1 N–H and O–H groups in total. The molecule has 0 spiro atoms. The third-order valence-corrected chi connectivity index (χ3v) is 2.02. The van der Waals surface area contributed by atoms with Crippen LogP contribution in [0.3, 0.4) is 0 Å². The van der Waals surface area contributed by atoms with E-state index in [1.165, 1.54) is 19.4 Å². The number of Topliss-reactive ketones (excluding diaryl/α,β-unsaturated/α-hetero) is 1. The molecule has 0 aliphatic rings. The van der Waals surface area contributed by atoms with Crippen LogP contribution >= 0.6 is 0 Å². The fourth-order valence-corrected chi connectivity index (χ4v) is 1.15. The predicted octanol–water partition coefficient (Wildman–Crippen LogP) is 4.71. The zero-order valence-electron chi connectivity index (χ0n) is 12.3. The number of carbonyl (C=O) groups excluding carboxylic acids is 1. The Bertz CT molecular complexity index is 497. The second kappa shape index (κ2) is 10.6. The maximum absolute atomic E-state index is 9.44. The first-order valence-corrected chi connectivity index (χ1v) is 6.35. The Morgan fingerprint density at radius 3 is 1.40 bits per heavy atom. The highest BCUT2D eigenvalue weighted by atomic mass is 16.3. The minimum atomic E-state index is 0.167. The number of phenolic OH excluding ortho intramolecular Hbond substituents is 1. The lowest BCUT2D eigenvalue weighted by molar-refractivity contribution is -0.114. The molecule has 0 fully saturated rings. The Morgan fingerprint density at radius 1 is 0.850 bits per heavy atom. The van der Waals surface area contributed by atoms with Gasteiger partial charge >= 0.3 is 0 Å². The number of ketones is 1. The van der Waals surface area contributed by atoms with Crippen molar-refractivity contribution in [2.45, 2.75) is 20.8 Å². The van der Waals surface area contributed by atoms with Crippen molar-refractivity contribution >= 4 is 11.4 Å². The van der Waals surface area contributed by atoms with Crippen LogP contribution in [-0.4, -0.2) is 10.9 Å². The molecule has 0 radical (unpaired) electrons. The van der Waals surface area contributed by atoms with E-state index in [1.807, 2.05) is 31.2 Å². The second-order valence-corrected chi connectivity index (χ2v) is 4.39. The fourth-order valence-electron chi connectivity index (χ4n) is 1.15. The molecule has 0 aromatic heterocycles. The predicted molar refractivity (Wildman–Crippen MR) is 85.6 cm³/mol. The molecule has 2 rings (SSSR count). The molecule has 106 valence electrons. The topological polar surface area (TPSA) is 37.3 Å². The molecule has 0 unspecified atom stereocenters. The van der Waals surface area contributed by atoms with Gasteiger partial charge < -0.3 is 9.90 Å². The van der Waals surface area contributed by atoms with Crippen LogP contribution in [0, 0.1) is 0 Å². The van der Waals surface area contributed by atoms with Crippen LogP contribution in [0.1, 0.15) is 26.3 Å². The van der Waals surface area contributed by atoms with Crippen LogP contribution in [0.5, 0.6) is 5.75 Å². The number of phenols is 1. The standard InChI is InChI=1S/C9H10.C6H6O.C3H6O/c1-8(2)9-6-4-3-5-7-9;7-6-4-2-1-3-5-6;1-3(2)4/h3-7H,1H2,2H3;1-5,7H;1-2H3. The first-order chi connectivity index (χ1) is 9.43. The van der Waals surface area contributed by atoms with E-state index >= 15 is 0 Å². The first kappa shape index (κ1) is 17.6. The summed E-state index contributed by atoms with van der Waals surface area (Å²) in [5.74, 6) is 0.488. The third-order valence-electron chi connectivity index (χ3n) is 2.02. The molecule has 0 amide bonds. The lowest BCUT2D eigenvalue weighted by atomic mass is 10.1. The highest BCUT2D eigenvalue weighted by molar-refractivity contribution is 5.72. The fraction of sp³-hybridized carbons (Fsp3) is 0.167. The van der Waals surface area contributed by atoms with Crippen LogP contribution in [0.4, 0.5) is 0 Å². The summed E-state index contributed by atoms with van der Waals surface area (Å²) < 4.78 is 0. The molecule has 0 saturated carbocycles. The van der Waals surface area contributed by atoms with Gasteiger partial charge in [-0.3, -0.25) is 0 Å². The Labute approximate surface area is 121 Å². The van der Waals surface area contributed by atoms with Gasteiger partial charge in [-0.2, -0.15) is 0 Å². The van der Waals surface area contributed by atoms with Crippen LogP contribution in [-0.2, 0) is 4.79 Å². The summed E-state index contributed by atoms with van der Waals surface area (Å²) in [4.78, 5) is 9.44. The SMILES string of the molecule is C=C(C)c1ccccc1.CC(C)=O.Oc1ccccc1.